The lowest BCUT2D eigenvalue weighted by Crippen LogP contribution is -2.07. The van der Waals surface area contributed by atoms with Crippen LogP contribution in [-0.2, 0) is 6.18 Å². The number of aromatic nitrogens is 1. The monoisotopic (exact) mass is 423 g/mol. The van der Waals surface area contributed by atoms with E-state index in [9.17, 15) is 32.1 Å². The van der Waals surface area contributed by atoms with Crippen LogP contribution in [0.1, 0.15) is 5.56 Å². The summed E-state index contributed by atoms with van der Waals surface area (Å²) < 4.78 is 69.5. The van der Waals surface area contributed by atoms with E-state index in [0.29, 0.717) is 18.3 Å². The van der Waals surface area contributed by atoms with Gasteiger partial charge in [0.15, 0.2) is 17.3 Å². The van der Waals surface area contributed by atoms with Gasteiger partial charge in [0.2, 0.25) is 5.88 Å². The Balaban J connectivity index is 1.92. The van der Waals surface area contributed by atoms with Crippen molar-refractivity contribution in [1.29, 1.82) is 0 Å². The number of benzene rings is 1. The Morgan fingerprint density at radius 3 is 2.61 bits per heavy atom. The molecule has 1 aromatic heterocycles. The maximum Gasteiger partial charge on any atom is 0.417 e. The van der Waals surface area contributed by atoms with Crippen molar-refractivity contribution in [3.63, 3.8) is 0 Å². The van der Waals surface area contributed by atoms with Gasteiger partial charge < -0.3 is 10.1 Å². The number of nitro groups is 1. The van der Waals surface area contributed by atoms with Gasteiger partial charge in [-0.3, -0.25) is 10.1 Å². The van der Waals surface area contributed by atoms with E-state index in [0.717, 1.165) is 6.07 Å². The summed E-state index contributed by atoms with van der Waals surface area (Å²) in [4.78, 5) is 13.5. The molecule has 0 atom stereocenters. The average molecular weight is 424 g/mol. The van der Waals surface area contributed by atoms with Gasteiger partial charge in [0, 0.05) is 18.8 Å². The fraction of sp³-hybridized carbons (Fsp3) is 0.188. The van der Waals surface area contributed by atoms with Crippen LogP contribution in [0, 0.1) is 21.7 Å². The molecule has 6 nitrogen and oxygen atoms in total. The van der Waals surface area contributed by atoms with Crippen LogP contribution in [0.5, 0.6) is 5.88 Å². The van der Waals surface area contributed by atoms with Crippen molar-refractivity contribution in [2.45, 2.75) is 6.18 Å². The Morgan fingerprint density at radius 1 is 1.29 bits per heavy atom. The third-order valence-electron chi connectivity index (χ3n) is 3.28. The second-order valence-corrected chi connectivity index (χ2v) is 5.59. The topological polar surface area (TPSA) is 77.3 Å². The Kier molecular flexibility index (Phi) is 6.73. The molecule has 12 heteroatoms. The predicted molar refractivity (Wildman–Crippen MR) is 90.4 cm³/mol. The number of nitro benzene ring substituents is 1. The molecule has 0 amide bonds. The number of anilines is 1. The van der Waals surface area contributed by atoms with Gasteiger partial charge in [0.1, 0.15) is 11.6 Å². The molecular formula is C16H11ClF5N3O3. The summed E-state index contributed by atoms with van der Waals surface area (Å²) in [5.74, 6) is -2.86. The van der Waals surface area contributed by atoms with Crippen LogP contribution in [0.3, 0.4) is 0 Å². The molecule has 1 aromatic carbocycles. The summed E-state index contributed by atoms with van der Waals surface area (Å²) >= 11 is 5.67. The fourth-order valence-electron chi connectivity index (χ4n) is 1.99. The molecule has 0 spiro atoms. The lowest BCUT2D eigenvalue weighted by molar-refractivity contribution is -0.384. The molecule has 2 aromatic rings. The summed E-state index contributed by atoms with van der Waals surface area (Å²) in [5, 5.41) is 12.9. The lowest BCUT2D eigenvalue weighted by Gasteiger charge is -2.09. The van der Waals surface area contributed by atoms with E-state index in [1.54, 1.807) is 0 Å². The first-order valence-corrected chi connectivity index (χ1v) is 7.86. The smallest absolute Gasteiger partial charge is 0.417 e. The molecule has 0 saturated heterocycles. The minimum Gasteiger partial charge on any atom is -0.472 e. The number of ether oxygens (including phenoxy) is 1. The van der Waals surface area contributed by atoms with Gasteiger partial charge in [-0.05, 0) is 18.2 Å². The summed E-state index contributed by atoms with van der Waals surface area (Å²) in [7, 11) is 0. The first-order chi connectivity index (χ1) is 13.1. The fourth-order valence-corrected chi connectivity index (χ4v) is 2.21. The zero-order valence-electron chi connectivity index (χ0n) is 13.8. The van der Waals surface area contributed by atoms with Crippen molar-refractivity contribution in [1.82, 2.24) is 4.98 Å². The van der Waals surface area contributed by atoms with Crippen LogP contribution in [-0.4, -0.2) is 23.1 Å². The largest absolute Gasteiger partial charge is 0.472 e. The SMILES string of the molecule is O=[N+]([O-])c1ccc(F)c(F)c1NC/C=C\COc1ncc(C(F)(F)F)cc1Cl. The maximum atomic E-state index is 13.7. The summed E-state index contributed by atoms with van der Waals surface area (Å²) in [6, 6.07) is 2.13. The Hall–Kier alpha value is -2.95. The van der Waals surface area contributed by atoms with Crippen molar-refractivity contribution < 1.29 is 31.6 Å². The van der Waals surface area contributed by atoms with Crippen LogP contribution >= 0.6 is 11.6 Å². The summed E-state index contributed by atoms with van der Waals surface area (Å²) in [5.41, 5.74) is -2.27. The van der Waals surface area contributed by atoms with Crippen molar-refractivity contribution in [3.05, 3.63) is 68.9 Å². The zero-order chi connectivity index (χ0) is 20.9. The predicted octanol–water partition coefficient (Wildman–Crippen LogP) is 4.99. The van der Waals surface area contributed by atoms with E-state index < -0.39 is 39.7 Å². The minimum atomic E-state index is -4.59. The first kappa shape index (κ1) is 21.4. The highest BCUT2D eigenvalue weighted by Gasteiger charge is 2.31. The highest BCUT2D eigenvalue weighted by Crippen LogP contribution is 2.33. The number of nitrogens with zero attached hydrogens (tertiary/aromatic N) is 2. The highest BCUT2D eigenvalue weighted by atomic mass is 35.5. The molecule has 0 aliphatic rings. The second kappa shape index (κ2) is 8.83. The highest BCUT2D eigenvalue weighted by molar-refractivity contribution is 6.31. The van der Waals surface area contributed by atoms with E-state index in [1.165, 1.54) is 12.2 Å². The number of pyridine rings is 1. The van der Waals surface area contributed by atoms with Crippen LogP contribution in [0.15, 0.2) is 36.5 Å². The lowest BCUT2D eigenvalue weighted by atomic mass is 10.2. The number of hydrogen-bond donors (Lipinski definition) is 1. The molecule has 28 heavy (non-hydrogen) atoms. The zero-order valence-corrected chi connectivity index (χ0v) is 14.5. The van der Waals surface area contributed by atoms with Crippen molar-refractivity contribution in [2.24, 2.45) is 0 Å². The number of nitrogens with one attached hydrogen (secondary N) is 1. The third kappa shape index (κ3) is 5.28. The van der Waals surface area contributed by atoms with Gasteiger partial charge in [0.25, 0.3) is 5.69 Å². The molecular weight excluding hydrogens is 413 g/mol. The van der Waals surface area contributed by atoms with Crippen molar-refractivity contribution in [3.8, 4) is 5.88 Å². The van der Waals surface area contributed by atoms with E-state index in [4.69, 9.17) is 16.3 Å². The van der Waals surface area contributed by atoms with Gasteiger partial charge in [-0.1, -0.05) is 17.7 Å². The Morgan fingerprint density at radius 2 is 2.00 bits per heavy atom. The molecule has 0 radical (unpaired) electrons. The summed E-state index contributed by atoms with van der Waals surface area (Å²) in [6.45, 7) is -0.258. The van der Waals surface area contributed by atoms with E-state index in [2.05, 4.69) is 10.3 Å². The molecule has 0 bridgehead atoms. The van der Waals surface area contributed by atoms with Crippen LogP contribution in [0.2, 0.25) is 5.02 Å². The molecule has 150 valence electrons. The molecule has 0 aliphatic carbocycles. The standard InChI is InChI=1S/C16H11ClF5N3O3/c17-10-7-9(16(20,21)22)8-24-15(10)28-6-2-1-5-23-14-12(25(26)27)4-3-11(18)13(14)19/h1-4,7-8,23H,5-6H2/b2-1-. The number of alkyl halides is 3. The van der Waals surface area contributed by atoms with Crippen LogP contribution in [0.25, 0.3) is 0 Å². The van der Waals surface area contributed by atoms with Crippen molar-refractivity contribution in [2.75, 3.05) is 18.5 Å². The summed E-state index contributed by atoms with van der Waals surface area (Å²) in [6.07, 6.45) is -1.26. The quantitative estimate of drug-likeness (QED) is 0.294. The number of rotatable bonds is 7. The van der Waals surface area contributed by atoms with Crippen molar-refractivity contribution >= 4 is 23.0 Å². The van der Waals surface area contributed by atoms with Gasteiger partial charge in [0.05, 0.1) is 10.5 Å². The van der Waals surface area contributed by atoms with E-state index in [1.807, 2.05) is 0 Å². The normalized spacial score (nSPS) is 11.6. The molecule has 0 fully saturated rings. The Bertz CT molecular complexity index is 906. The third-order valence-corrected chi connectivity index (χ3v) is 3.55. The molecule has 1 N–H and O–H groups in total. The molecule has 0 saturated carbocycles. The van der Waals surface area contributed by atoms with E-state index in [-0.39, 0.29) is 24.1 Å². The van der Waals surface area contributed by atoms with Crippen LogP contribution in [0.4, 0.5) is 33.3 Å². The van der Waals surface area contributed by atoms with Gasteiger partial charge in [-0.15, -0.1) is 0 Å². The van der Waals surface area contributed by atoms with Gasteiger partial charge >= 0.3 is 6.18 Å². The minimum absolute atomic E-state index is 0.112. The maximum absolute atomic E-state index is 13.7. The first-order valence-electron chi connectivity index (χ1n) is 7.48. The van der Waals surface area contributed by atoms with Crippen LogP contribution < -0.4 is 10.1 Å². The average Bonchev–Trinajstić information content (AvgIpc) is 2.61. The molecule has 1 heterocycles. The second-order valence-electron chi connectivity index (χ2n) is 5.18. The number of hydrogen-bond acceptors (Lipinski definition) is 5. The molecule has 0 unspecified atom stereocenters. The van der Waals surface area contributed by atoms with Gasteiger partial charge in [-0.2, -0.15) is 13.2 Å². The van der Waals surface area contributed by atoms with Gasteiger partial charge in [-0.25, -0.2) is 13.8 Å². The molecule has 2 rings (SSSR count). The van der Waals surface area contributed by atoms with E-state index >= 15 is 0 Å². The molecule has 0 aliphatic heterocycles. The Labute approximate surface area is 159 Å². The number of halogens is 6.